The first kappa shape index (κ1) is 30.9. The maximum absolute atomic E-state index is 13.8. The highest BCUT2D eigenvalue weighted by molar-refractivity contribution is 5.85. The van der Waals surface area contributed by atoms with Gasteiger partial charge in [-0.05, 0) is 48.6 Å². The van der Waals surface area contributed by atoms with Crippen molar-refractivity contribution in [1.29, 1.82) is 0 Å². The standard InChI is InChI=1S/C27H32F2N4O4.ClH/c1-3-18-6-5-7-19(10-18)15-30-16-24(34)23(13-20-11-21(28)14-22(29)12-20)31-25(35)17-33-9-8-32(4-2)26(36)27(33)37;/h5-12,14,23-24,30,34H,3-4,13,15-17H2,1-2H3,(H,31,35);1H/t23-,24+;/m0./s1. The molecule has 1 heterocycles. The van der Waals surface area contributed by atoms with Crippen LogP contribution in [0.1, 0.15) is 30.5 Å². The predicted molar refractivity (Wildman–Crippen MR) is 143 cm³/mol. The van der Waals surface area contributed by atoms with Crippen LogP contribution in [0.2, 0.25) is 0 Å². The van der Waals surface area contributed by atoms with Gasteiger partial charge in [0.05, 0.1) is 12.1 Å². The van der Waals surface area contributed by atoms with Crippen LogP contribution in [0.4, 0.5) is 8.78 Å². The van der Waals surface area contributed by atoms with Crippen LogP contribution in [-0.4, -0.2) is 38.8 Å². The van der Waals surface area contributed by atoms with Crippen molar-refractivity contribution in [3.8, 4) is 0 Å². The van der Waals surface area contributed by atoms with Crippen LogP contribution in [0.5, 0.6) is 0 Å². The molecule has 3 rings (SSSR count). The number of hydrogen-bond donors (Lipinski definition) is 3. The number of amides is 1. The molecule has 0 radical (unpaired) electrons. The van der Waals surface area contributed by atoms with Gasteiger partial charge in [0.25, 0.3) is 0 Å². The van der Waals surface area contributed by atoms with Gasteiger partial charge in [-0.25, -0.2) is 8.78 Å². The first-order chi connectivity index (χ1) is 17.7. The minimum atomic E-state index is -1.12. The minimum Gasteiger partial charge on any atom is -0.390 e. The van der Waals surface area contributed by atoms with Gasteiger partial charge in [0.2, 0.25) is 5.91 Å². The van der Waals surface area contributed by atoms with E-state index in [-0.39, 0.29) is 30.9 Å². The molecule has 0 bridgehead atoms. The van der Waals surface area contributed by atoms with Gasteiger partial charge in [-0.1, -0.05) is 31.2 Å². The first-order valence-electron chi connectivity index (χ1n) is 12.2. The summed E-state index contributed by atoms with van der Waals surface area (Å²) in [6.07, 6.45) is 2.48. The van der Waals surface area contributed by atoms with E-state index in [1.54, 1.807) is 6.92 Å². The Bertz CT molecular complexity index is 1320. The lowest BCUT2D eigenvalue weighted by molar-refractivity contribution is -0.123. The smallest absolute Gasteiger partial charge is 0.316 e. The van der Waals surface area contributed by atoms with Crippen molar-refractivity contribution >= 4 is 18.3 Å². The summed E-state index contributed by atoms with van der Waals surface area (Å²) in [7, 11) is 0. The van der Waals surface area contributed by atoms with Crippen molar-refractivity contribution in [1.82, 2.24) is 19.8 Å². The maximum atomic E-state index is 13.8. The zero-order chi connectivity index (χ0) is 26.9. The predicted octanol–water partition coefficient (Wildman–Crippen LogP) is 2.17. The fraction of sp³-hybridized carbons (Fsp3) is 0.370. The number of aliphatic hydroxyl groups is 1. The molecule has 0 fully saturated rings. The third-order valence-electron chi connectivity index (χ3n) is 6.06. The second kappa shape index (κ2) is 14.6. The largest absolute Gasteiger partial charge is 0.390 e. The number of nitrogens with one attached hydrogen (secondary N) is 2. The molecule has 2 aromatic carbocycles. The van der Waals surface area contributed by atoms with Crippen LogP contribution < -0.4 is 21.8 Å². The summed E-state index contributed by atoms with van der Waals surface area (Å²) in [4.78, 5) is 37.2. The second-order valence-corrected chi connectivity index (χ2v) is 8.85. The van der Waals surface area contributed by atoms with E-state index < -0.39 is 47.4 Å². The van der Waals surface area contributed by atoms with Crippen LogP contribution >= 0.6 is 12.4 Å². The molecule has 0 saturated carbocycles. The number of hydrogen-bond acceptors (Lipinski definition) is 5. The maximum Gasteiger partial charge on any atom is 0.316 e. The fourth-order valence-electron chi connectivity index (χ4n) is 4.05. The molecule has 8 nitrogen and oxygen atoms in total. The van der Waals surface area contributed by atoms with E-state index in [9.17, 15) is 28.3 Å². The Hall–Kier alpha value is -3.34. The molecule has 0 spiro atoms. The van der Waals surface area contributed by atoms with Gasteiger partial charge in [0.15, 0.2) is 0 Å². The summed E-state index contributed by atoms with van der Waals surface area (Å²) in [6.45, 7) is 4.20. The fourth-order valence-corrected chi connectivity index (χ4v) is 4.05. The Morgan fingerprint density at radius 1 is 0.947 bits per heavy atom. The summed E-state index contributed by atoms with van der Waals surface area (Å²) < 4.78 is 29.7. The van der Waals surface area contributed by atoms with Gasteiger partial charge in [-0.3, -0.25) is 19.0 Å². The number of aryl methyl sites for hydroxylation is 2. The van der Waals surface area contributed by atoms with E-state index in [4.69, 9.17) is 0 Å². The highest BCUT2D eigenvalue weighted by Gasteiger charge is 2.23. The molecule has 3 aromatic rings. The van der Waals surface area contributed by atoms with E-state index in [0.29, 0.717) is 13.1 Å². The number of carbonyl (C=O) groups excluding carboxylic acids is 1. The lowest BCUT2D eigenvalue weighted by Gasteiger charge is -2.25. The summed E-state index contributed by atoms with van der Waals surface area (Å²) in [5, 5.41) is 16.7. The van der Waals surface area contributed by atoms with Gasteiger partial charge < -0.3 is 20.3 Å². The Morgan fingerprint density at radius 3 is 2.24 bits per heavy atom. The molecule has 206 valence electrons. The van der Waals surface area contributed by atoms with Crippen molar-refractivity contribution in [2.45, 2.75) is 58.5 Å². The number of aliphatic hydroxyl groups excluding tert-OH is 1. The lowest BCUT2D eigenvalue weighted by atomic mass is 10.0. The number of aromatic nitrogens is 2. The van der Waals surface area contributed by atoms with Crippen molar-refractivity contribution in [2.24, 2.45) is 0 Å². The molecular weight excluding hydrogens is 518 g/mol. The number of benzene rings is 2. The molecule has 0 aliphatic heterocycles. The summed E-state index contributed by atoms with van der Waals surface area (Å²) in [5.41, 5.74) is 0.862. The molecule has 0 saturated heterocycles. The van der Waals surface area contributed by atoms with Gasteiger partial charge in [0.1, 0.15) is 18.2 Å². The average Bonchev–Trinajstić information content (AvgIpc) is 2.86. The topological polar surface area (TPSA) is 105 Å². The molecule has 0 unspecified atom stereocenters. The van der Waals surface area contributed by atoms with Gasteiger partial charge in [-0.15, -0.1) is 12.4 Å². The van der Waals surface area contributed by atoms with E-state index in [1.165, 1.54) is 22.5 Å². The molecule has 38 heavy (non-hydrogen) atoms. The van der Waals surface area contributed by atoms with Gasteiger partial charge in [-0.2, -0.15) is 0 Å². The van der Waals surface area contributed by atoms with Crippen LogP contribution in [0.25, 0.3) is 0 Å². The average molecular weight is 551 g/mol. The second-order valence-electron chi connectivity index (χ2n) is 8.85. The van der Waals surface area contributed by atoms with E-state index in [1.807, 2.05) is 18.2 Å². The molecule has 1 aromatic heterocycles. The number of rotatable bonds is 12. The highest BCUT2D eigenvalue weighted by atomic mass is 35.5. The summed E-state index contributed by atoms with van der Waals surface area (Å²) >= 11 is 0. The SMILES string of the molecule is CCc1cccc(CNC[C@@H](O)[C@H](Cc2cc(F)cc(F)c2)NC(=O)Cn2ccn(CC)c(=O)c2=O)c1.Cl. The van der Waals surface area contributed by atoms with Crippen LogP contribution in [0, 0.1) is 11.6 Å². The third-order valence-corrected chi connectivity index (χ3v) is 6.06. The molecule has 1 amide bonds. The number of nitrogens with zero attached hydrogens (tertiary/aromatic N) is 2. The molecule has 0 aliphatic rings. The monoisotopic (exact) mass is 550 g/mol. The van der Waals surface area contributed by atoms with E-state index in [2.05, 4.69) is 23.6 Å². The lowest BCUT2D eigenvalue weighted by Crippen LogP contribution is -2.50. The van der Waals surface area contributed by atoms with Crippen molar-refractivity contribution in [3.63, 3.8) is 0 Å². The van der Waals surface area contributed by atoms with Crippen molar-refractivity contribution < 1.29 is 18.7 Å². The van der Waals surface area contributed by atoms with Crippen LogP contribution in [0.3, 0.4) is 0 Å². The van der Waals surface area contributed by atoms with Gasteiger partial charge in [0, 0.05) is 38.1 Å². The van der Waals surface area contributed by atoms with E-state index >= 15 is 0 Å². The van der Waals surface area contributed by atoms with Crippen molar-refractivity contribution in [2.75, 3.05) is 6.54 Å². The molecular formula is C27H33ClF2N4O4. The molecule has 0 aliphatic carbocycles. The zero-order valence-electron chi connectivity index (χ0n) is 21.3. The molecule has 3 N–H and O–H groups in total. The van der Waals surface area contributed by atoms with Crippen LogP contribution in [-0.2, 0) is 37.3 Å². The Kier molecular flexibility index (Phi) is 11.8. The van der Waals surface area contributed by atoms with E-state index in [0.717, 1.165) is 34.8 Å². The number of carbonyl (C=O) groups is 1. The minimum absolute atomic E-state index is 0. The third kappa shape index (κ3) is 8.61. The molecule has 11 heteroatoms. The summed E-state index contributed by atoms with van der Waals surface area (Å²) in [6, 6.07) is 10.1. The Balaban J connectivity index is 0.00000507. The Labute approximate surface area is 225 Å². The number of halogens is 3. The van der Waals surface area contributed by atoms with Crippen molar-refractivity contribution in [3.05, 3.63) is 104 Å². The zero-order valence-corrected chi connectivity index (χ0v) is 22.1. The highest BCUT2D eigenvalue weighted by Crippen LogP contribution is 2.12. The molecule has 2 atom stereocenters. The summed E-state index contributed by atoms with van der Waals surface area (Å²) in [5.74, 6) is -2.18. The van der Waals surface area contributed by atoms with Crippen LogP contribution in [0.15, 0.2) is 64.4 Å². The first-order valence-corrected chi connectivity index (χ1v) is 12.2. The Morgan fingerprint density at radius 2 is 1.58 bits per heavy atom. The normalized spacial score (nSPS) is 12.4. The van der Waals surface area contributed by atoms with Gasteiger partial charge >= 0.3 is 11.1 Å². The quantitative estimate of drug-likeness (QED) is 0.300.